The molecule has 2 aliphatic rings. The van der Waals surface area contributed by atoms with E-state index in [4.69, 9.17) is 4.74 Å². The second-order valence-electron chi connectivity index (χ2n) is 6.94. The van der Waals surface area contributed by atoms with Crippen LogP contribution in [0.3, 0.4) is 0 Å². The molecule has 1 aromatic carbocycles. The summed E-state index contributed by atoms with van der Waals surface area (Å²) < 4.78 is 32.2. The van der Waals surface area contributed by atoms with Crippen LogP contribution in [-0.4, -0.2) is 49.0 Å². The Morgan fingerprint density at radius 1 is 1.23 bits per heavy atom. The van der Waals surface area contributed by atoms with E-state index in [1.54, 1.807) is 18.2 Å². The second kappa shape index (κ2) is 7.36. The molecule has 0 spiro atoms. The highest BCUT2D eigenvalue weighted by Crippen LogP contribution is 2.42. The molecule has 1 saturated heterocycles. The highest BCUT2D eigenvalue weighted by molar-refractivity contribution is 7.88. The Morgan fingerprint density at radius 2 is 1.92 bits per heavy atom. The molecule has 0 radical (unpaired) electrons. The van der Waals surface area contributed by atoms with Crippen LogP contribution in [0.5, 0.6) is 0 Å². The minimum atomic E-state index is -3.90. The number of hydrogen-bond acceptors (Lipinski definition) is 5. The van der Waals surface area contributed by atoms with Gasteiger partial charge in [0.15, 0.2) is 0 Å². The number of nitrogens with zero attached hydrogens (tertiary/aromatic N) is 1. The van der Waals surface area contributed by atoms with Crippen LogP contribution in [0.2, 0.25) is 0 Å². The van der Waals surface area contributed by atoms with Gasteiger partial charge in [-0.05, 0) is 36.8 Å². The Hall–Kier alpha value is -1.93. The summed E-state index contributed by atoms with van der Waals surface area (Å²) in [5, 5.41) is 9.56. The number of benzene rings is 1. The van der Waals surface area contributed by atoms with Crippen LogP contribution in [0, 0.1) is 5.92 Å². The Balaban J connectivity index is 1.94. The molecule has 142 valence electrons. The quantitative estimate of drug-likeness (QED) is 0.783. The maximum atomic E-state index is 13.1. The number of ether oxygens (including phenoxy) is 1. The third-order valence-electron chi connectivity index (χ3n) is 5.40. The first kappa shape index (κ1) is 18.8. The van der Waals surface area contributed by atoms with Crippen molar-refractivity contribution in [3.63, 3.8) is 0 Å². The summed E-state index contributed by atoms with van der Waals surface area (Å²) in [5.41, 5.74) is 0.507. The number of fused-ring (bicyclic) bond motifs is 1. The largest absolute Gasteiger partial charge is 0.480 e. The van der Waals surface area contributed by atoms with E-state index < -0.39 is 33.8 Å². The van der Waals surface area contributed by atoms with Crippen molar-refractivity contribution < 1.29 is 27.9 Å². The van der Waals surface area contributed by atoms with Crippen molar-refractivity contribution in [2.45, 2.75) is 49.9 Å². The van der Waals surface area contributed by atoms with Crippen molar-refractivity contribution in [3.05, 3.63) is 35.4 Å². The van der Waals surface area contributed by atoms with Gasteiger partial charge in [-0.25, -0.2) is 13.2 Å². The number of rotatable bonds is 5. The van der Waals surface area contributed by atoms with Crippen LogP contribution in [-0.2, 0) is 25.3 Å². The van der Waals surface area contributed by atoms with E-state index in [1.165, 1.54) is 17.5 Å². The molecule has 0 amide bonds. The fourth-order valence-electron chi connectivity index (χ4n) is 4.26. The Kier molecular flexibility index (Phi) is 5.34. The van der Waals surface area contributed by atoms with Gasteiger partial charge < -0.3 is 9.84 Å². The molecule has 1 N–H and O–H groups in total. The fourth-order valence-corrected chi connectivity index (χ4v) is 6.30. The van der Waals surface area contributed by atoms with Crippen molar-refractivity contribution >= 4 is 22.0 Å². The second-order valence-corrected chi connectivity index (χ2v) is 8.81. The molecule has 1 aromatic rings. The summed E-state index contributed by atoms with van der Waals surface area (Å²) in [6, 6.07) is 5.07. The predicted molar refractivity (Wildman–Crippen MR) is 94.0 cm³/mol. The summed E-state index contributed by atoms with van der Waals surface area (Å²) >= 11 is 0. The Morgan fingerprint density at radius 3 is 2.62 bits per heavy atom. The van der Waals surface area contributed by atoms with Crippen LogP contribution in [0.15, 0.2) is 24.3 Å². The molecule has 2 fully saturated rings. The summed E-state index contributed by atoms with van der Waals surface area (Å²) in [7, 11) is -2.66. The number of carbonyl (C=O) groups excluding carboxylic acids is 1. The van der Waals surface area contributed by atoms with E-state index in [-0.39, 0.29) is 17.5 Å². The summed E-state index contributed by atoms with van der Waals surface area (Å²) in [4.78, 5) is 23.6. The maximum absolute atomic E-state index is 13.1. The number of hydrogen-bond donors (Lipinski definition) is 1. The normalized spacial score (nSPS) is 26.3. The molecular formula is C18H23NO6S. The van der Waals surface area contributed by atoms with Gasteiger partial charge in [0.2, 0.25) is 10.0 Å². The molecule has 3 atom stereocenters. The molecule has 1 saturated carbocycles. The van der Waals surface area contributed by atoms with Crippen molar-refractivity contribution in [1.82, 2.24) is 4.31 Å². The molecule has 0 bridgehead atoms. The minimum Gasteiger partial charge on any atom is -0.480 e. The standard InChI is InChI=1S/C18H23NO6S/c1-25-18(22)14-8-4-2-7-13(14)11-26(23,24)19-15-9-5-3-6-12(15)10-16(19)17(20)21/h2,4,7-8,12,15-16H,3,5-6,9-11H2,1H3,(H,20,21). The molecule has 26 heavy (non-hydrogen) atoms. The molecule has 3 rings (SSSR count). The van der Waals surface area contributed by atoms with Crippen molar-refractivity contribution in [2.24, 2.45) is 5.92 Å². The van der Waals surface area contributed by atoms with Gasteiger partial charge in [0, 0.05) is 6.04 Å². The Labute approximate surface area is 153 Å². The van der Waals surface area contributed by atoms with Crippen LogP contribution in [0.25, 0.3) is 0 Å². The lowest BCUT2D eigenvalue weighted by Crippen LogP contribution is -2.46. The van der Waals surface area contributed by atoms with Gasteiger partial charge in [-0.3, -0.25) is 4.79 Å². The maximum Gasteiger partial charge on any atom is 0.338 e. The van der Waals surface area contributed by atoms with Gasteiger partial charge in [-0.15, -0.1) is 0 Å². The highest BCUT2D eigenvalue weighted by atomic mass is 32.2. The third kappa shape index (κ3) is 3.48. The number of carboxylic acids is 1. The van der Waals surface area contributed by atoms with E-state index in [0.717, 1.165) is 19.3 Å². The van der Waals surface area contributed by atoms with Gasteiger partial charge in [0.05, 0.1) is 18.4 Å². The number of carboxylic acid groups (broad SMARTS) is 1. The number of esters is 1. The molecule has 1 heterocycles. The average molecular weight is 381 g/mol. The van der Waals surface area contributed by atoms with E-state index in [0.29, 0.717) is 18.4 Å². The van der Waals surface area contributed by atoms with E-state index in [2.05, 4.69) is 0 Å². The van der Waals surface area contributed by atoms with Crippen LogP contribution < -0.4 is 0 Å². The molecule has 1 aliphatic carbocycles. The Bertz CT molecular complexity index is 806. The molecular weight excluding hydrogens is 358 g/mol. The molecule has 3 unspecified atom stereocenters. The lowest BCUT2D eigenvalue weighted by Gasteiger charge is -2.32. The highest BCUT2D eigenvalue weighted by Gasteiger charge is 2.50. The smallest absolute Gasteiger partial charge is 0.338 e. The van der Waals surface area contributed by atoms with Gasteiger partial charge in [0.1, 0.15) is 6.04 Å². The zero-order valence-electron chi connectivity index (χ0n) is 14.6. The molecule has 7 nitrogen and oxygen atoms in total. The number of carbonyl (C=O) groups is 2. The lowest BCUT2D eigenvalue weighted by molar-refractivity contribution is -0.141. The minimum absolute atomic E-state index is 0.0930. The van der Waals surface area contributed by atoms with Crippen LogP contribution in [0.4, 0.5) is 0 Å². The van der Waals surface area contributed by atoms with E-state index >= 15 is 0 Å². The van der Waals surface area contributed by atoms with Crippen molar-refractivity contribution in [1.29, 1.82) is 0 Å². The summed E-state index contributed by atoms with van der Waals surface area (Å²) in [6.45, 7) is 0. The number of sulfonamides is 1. The summed E-state index contributed by atoms with van der Waals surface area (Å²) in [6.07, 6.45) is 3.81. The number of methoxy groups -OCH3 is 1. The zero-order chi connectivity index (χ0) is 18.9. The monoisotopic (exact) mass is 381 g/mol. The van der Waals surface area contributed by atoms with Gasteiger partial charge >= 0.3 is 11.9 Å². The topological polar surface area (TPSA) is 101 Å². The SMILES string of the molecule is COC(=O)c1ccccc1CS(=O)(=O)N1C(C(=O)O)CC2CCCCC21. The predicted octanol–water partition coefficient (Wildman–Crippen LogP) is 2.02. The zero-order valence-corrected chi connectivity index (χ0v) is 15.4. The van der Waals surface area contributed by atoms with Crippen molar-refractivity contribution in [3.8, 4) is 0 Å². The molecule has 8 heteroatoms. The first-order valence-electron chi connectivity index (χ1n) is 8.75. The van der Waals surface area contributed by atoms with Gasteiger partial charge in [0.25, 0.3) is 0 Å². The molecule has 1 aliphatic heterocycles. The van der Waals surface area contributed by atoms with Gasteiger partial charge in [-0.1, -0.05) is 31.0 Å². The van der Waals surface area contributed by atoms with E-state index in [9.17, 15) is 23.1 Å². The average Bonchev–Trinajstić information content (AvgIpc) is 3.02. The third-order valence-corrected chi connectivity index (χ3v) is 7.24. The number of aliphatic carboxylic acids is 1. The first-order valence-corrected chi connectivity index (χ1v) is 10.4. The first-order chi connectivity index (χ1) is 12.3. The molecule has 0 aromatic heterocycles. The van der Waals surface area contributed by atoms with Crippen molar-refractivity contribution in [2.75, 3.05) is 7.11 Å². The van der Waals surface area contributed by atoms with Gasteiger partial charge in [-0.2, -0.15) is 4.31 Å². The van der Waals surface area contributed by atoms with Crippen LogP contribution in [0.1, 0.15) is 48.0 Å². The lowest BCUT2D eigenvalue weighted by atomic mass is 9.85. The van der Waals surface area contributed by atoms with Crippen LogP contribution >= 0.6 is 0 Å². The fraction of sp³-hybridized carbons (Fsp3) is 0.556. The summed E-state index contributed by atoms with van der Waals surface area (Å²) in [5.74, 6) is -2.03. The van der Waals surface area contributed by atoms with E-state index in [1.807, 2.05) is 0 Å².